The van der Waals surface area contributed by atoms with Crippen molar-refractivity contribution in [1.29, 1.82) is 0 Å². The monoisotopic (exact) mass is 524 g/mol. The third kappa shape index (κ3) is 6.89. The zero-order valence-electron chi connectivity index (χ0n) is 21.8. The standard InChI is InChI=1S/C26H37FN2O8/c1-25(2,3)13-28-22(31)17-11-36-12-19(17)29-23(32)16-9-21(18(27)10-20(16)35-4)37-15-5-7-26(14-30,8-6-15)24(33)34/h9-10,15,17,19,30H,5-8,11-14H2,1-4H3,(H,28,31)(H,29,32)(H,33,34)/t15?,17-,19+,26?/m0/s1. The molecule has 2 amide bonds. The molecule has 11 heteroatoms. The molecule has 0 spiro atoms. The third-order valence-electron chi connectivity index (χ3n) is 6.97. The Bertz CT molecular complexity index is 1000. The lowest BCUT2D eigenvalue weighted by molar-refractivity contribution is -0.155. The van der Waals surface area contributed by atoms with Crippen molar-refractivity contribution in [3.8, 4) is 11.5 Å². The normalized spacial score (nSPS) is 25.8. The Hall–Kier alpha value is -2.92. The summed E-state index contributed by atoms with van der Waals surface area (Å²) in [5.74, 6) is -3.31. The predicted octanol–water partition coefficient (Wildman–Crippen LogP) is 2.13. The highest BCUT2D eigenvalue weighted by Gasteiger charge is 2.42. The SMILES string of the molecule is COc1cc(F)c(OC2CCC(CO)(C(=O)O)CC2)cc1C(=O)N[C@@H]1COC[C@@H]1C(=O)NCC(C)(C)C. The van der Waals surface area contributed by atoms with Crippen molar-refractivity contribution in [2.24, 2.45) is 16.7 Å². The van der Waals surface area contributed by atoms with Gasteiger partial charge in [-0.25, -0.2) is 4.39 Å². The number of hydrogen-bond donors (Lipinski definition) is 4. The van der Waals surface area contributed by atoms with Gasteiger partial charge in [-0.2, -0.15) is 0 Å². The summed E-state index contributed by atoms with van der Waals surface area (Å²) < 4.78 is 31.3. The van der Waals surface area contributed by atoms with Crippen molar-refractivity contribution < 1.29 is 43.2 Å². The molecule has 1 saturated heterocycles. The van der Waals surface area contributed by atoms with E-state index in [2.05, 4.69) is 10.6 Å². The molecule has 37 heavy (non-hydrogen) atoms. The molecule has 1 heterocycles. The van der Waals surface area contributed by atoms with Crippen LogP contribution in [0.5, 0.6) is 11.5 Å². The van der Waals surface area contributed by atoms with Gasteiger partial charge in [-0.1, -0.05) is 20.8 Å². The third-order valence-corrected chi connectivity index (χ3v) is 6.97. The van der Waals surface area contributed by atoms with E-state index in [1.165, 1.54) is 13.2 Å². The van der Waals surface area contributed by atoms with Crippen molar-refractivity contribution >= 4 is 17.8 Å². The van der Waals surface area contributed by atoms with Crippen LogP contribution >= 0.6 is 0 Å². The van der Waals surface area contributed by atoms with Crippen LogP contribution in [0.25, 0.3) is 0 Å². The van der Waals surface area contributed by atoms with E-state index < -0.39 is 47.8 Å². The van der Waals surface area contributed by atoms with Crippen LogP contribution in [0.4, 0.5) is 4.39 Å². The summed E-state index contributed by atoms with van der Waals surface area (Å²) in [6, 6.07) is 1.73. The highest BCUT2D eigenvalue weighted by atomic mass is 19.1. The molecule has 10 nitrogen and oxygen atoms in total. The summed E-state index contributed by atoms with van der Waals surface area (Å²) in [5, 5.41) is 24.7. The minimum atomic E-state index is -1.22. The molecule has 2 atom stereocenters. The van der Waals surface area contributed by atoms with Crippen molar-refractivity contribution in [3.05, 3.63) is 23.5 Å². The zero-order valence-corrected chi connectivity index (χ0v) is 21.8. The molecule has 0 bridgehead atoms. The Morgan fingerprint density at radius 2 is 1.84 bits per heavy atom. The number of methoxy groups -OCH3 is 1. The highest BCUT2D eigenvalue weighted by Crippen LogP contribution is 2.38. The fourth-order valence-electron chi connectivity index (χ4n) is 4.54. The van der Waals surface area contributed by atoms with Gasteiger partial charge in [-0.3, -0.25) is 14.4 Å². The summed E-state index contributed by atoms with van der Waals surface area (Å²) in [7, 11) is 1.31. The lowest BCUT2D eigenvalue weighted by Crippen LogP contribution is -2.47. The number of benzene rings is 1. The number of carboxylic acids is 1. The van der Waals surface area contributed by atoms with Gasteiger partial charge in [0.1, 0.15) is 5.75 Å². The van der Waals surface area contributed by atoms with E-state index in [-0.39, 0.29) is 54.4 Å². The lowest BCUT2D eigenvalue weighted by Gasteiger charge is -2.35. The number of amides is 2. The van der Waals surface area contributed by atoms with E-state index >= 15 is 0 Å². The molecule has 0 unspecified atom stereocenters. The first-order valence-electron chi connectivity index (χ1n) is 12.4. The second kappa shape index (κ2) is 11.6. The van der Waals surface area contributed by atoms with Gasteiger partial charge in [-0.15, -0.1) is 0 Å². The van der Waals surface area contributed by atoms with Crippen LogP contribution in [0, 0.1) is 22.6 Å². The smallest absolute Gasteiger partial charge is 0.311 e. The fraction of sp³-hybridized carbons (Fsp3) is 0.654. The number of carbonyl (C=O) groups is 3. The minimum absolute atomic E-state index is 0.00354. The van der Waals surface area contributed by atoms with Crippen LogP contribution in [0.2, 0.25) is 0 Å². The molecular weight excluding hydrogens is 487 g/mol. The molecule has 1 aromatic rings. The summed E-state index contributed by atoms with van der Waals surface area (Å²) in [5.41, 5.74) is -1.29. The topological polar surface area (TPSA) is 143 Å². The molecule has 3 rings (SSSR count). The molecule has 2 fully saturated rings. The number of aliphatic hydroxyl groups excluding tert-OH is 1. The van der Waals surface area contributed by atoms with E-state index in [0.29, 0.717) is 19.4 Å². The number of carboxylic acid groups (broad SMARTS) is 1. The zero-order chi connectivity index (χ0) is 27.4. The van der Waals surface area contributed by atoms with E-state index in [1.54, 1.807) is 0 Å². The maximum atomic E-state index is 14.8. The van der Waals surface area contributed by atoms with Gasteiger partial charge >= 0.3 is 5.97 Å². The first-order valence-corrected chi connectivity index (χ1v) is 12.4. The van der Waals surface area contributed by atoms with Crippen LogP contribution in [-0.4, -0.2) is 73.6 Å². The van der Waals surface area contributed by atoms with E-state index in [9.17, 15) is 29.0 Å². The first kappa shape index (κ1) is 28.6. The second-order valence-electron chi connectivity index (χ2n) is 11.0. The largest absolute Gasteiger partial charge is 0.496 e. The Morgan fingerprint density at radius 3 is 2.41 bits per heavy atom. The number of hydrogen-bond acceptors (Lipinski definition) is 7. The molecule has 0 aromatic heterocycles. The summed E-state index contributed by atoms with van der Waals surface area (Å²) in [6.45, 7) is 6.33. The van der Waals surface area contributed by atoms with Crippen LogP contribution in [0.3, 0.4) is 0 Å². The molecule has 1 saturated carbocycles. The van der Waals surface area contributed by atoms with Crippen molar-refractivity contribution in [1.82, 2.24) is 10.6 Å². The van der Waals surface area contributed by atoms with E-state index in [4.69, 9.17) is 14.2 Å². The number of nitrogens with one attached hydrogen (secondary N) is 2. The Balaban J connectivity index is 1.70. The van der Waals surface area contributed by atoms with Gasteiger partial charge < -0.3 is 35.1 Å². The van der Waals surface area contributed by atoms with E-state index in [0.717, 1.165) is 6.07 Å². The molecule has 1 aliphatic carbocycles. The average molecular weight is 525 g/mol. The Kier molecular flexibility index (Phi) is 9.01. The lowest BCUT2D eigenvalue weighted by atomic mass is 9.74. The summed E-state index contributed by atoms with van der Waals surface area (Å²) in [4.78, 5) is 37.4. The van der Waals surface area contributed by atoms with Gasteiger partial charge in [0.2, 0.25) is 5.91 Å². The number of carbonyl (C=O) groups excluding carboxylic acids is 2. The second-order valence-corrected chi connectivity index (χ2v) is 11.0. The fourth-order valence-corrected chi connectivity index (χ4v) is 4.54. The Morgan fingerprint density at radius 1 is 1.16 bits per heavy atom. The molecule has 1 aliphatic heterocycles. The first-order chi connectivity index (χ1) is 17.4. The van der Waals surface area contributed by atoms with Crippen molar-refractivity contribution in [3.63, 3.8) is 0 Å². The minimum Gasteiger partial charge on any atom is -0.496 e. The van der Waals surface area contributed by atoms with Gasteiger partial charge in [0.15, 0.2) is 11.6 Å². The quantitative estimate of drug-likeness (QED) is 0.385. The molecule has 1 aromatic carbocycles. The molecular formula is C26H37FN2O8. The van der Waals surface area contributed by atoms with Crippen LogP contribution in [0.1, 0.15) is 56.8 Å². The van der Waals surface area contributed by atoms with Crippen LogP contribution in [0.15, 0.2) is 12.1 Å². The maximum Gasteiger partial charge on any atom is 0.311 e. The Labute approximate surface area is 215 Å². The number of aliphatic carboxylic acids is 1. The molecule has 0 radical (unpaired) electrons. The van der Waals surface area contributed by atoms with Gasteiger partial charge in [0, 0.05) is 12.6 Å². The molecule has 4 N–H and O–H groups in total. The number of ether oxygens (including phenoxy) is 3. The molecule has 2 aliphatic rings. The van der Waals surface area contributed by atoms with Gasteiger partial charge in [0.05, 0.1) is 56.0 Å². The summed E-state index contributed by atoms with van der Waals surface area (Å²) >= 11 is 0. The number of rotatable bonds is 9. The van der Waals surface area contributed by atoms with Crippen LogP contribution < -0.4 is 20.1 Å². The molecule has 206 valence electrons. The average Bonchev–Trinajstić information content (AvgIpc) is 3.31. The van der Waals surface area contributed by atoms with Crippen molar-refractivity contribution in [2.75, 3.05) is 33.5 Å². The maximum absolute atomic E-state index is 14.8. The van der Waals surface area contributed by atoms with Gasteiger partial charge in [-0.05, 0) is 37.2 Å². The predicted molar refractivity (Wildman–Crippen MR) is 131 cm³/mol. The number of aliphatic hydroxyl groups is 1. The van der Waals surface area contributed by atoms with E-state index in [1.807, 2.05) is 20.8 Å². The summed E-state index contributed by atoms with van der Waals surface area (Å²) in [6.07, 6.45) is 0.524. The van der Waals surface area contributed by atoms with Gasteiger partial charge in [0.25, 0.3) is 5.91 Å². The van der Waals surface area contributed by atoms with Crippen molar-refractivity contribution in [2.45, 2.75) is 58.6 Å². The van der Waals surface area contributed by atoms with Crippen LogP contribution in [-0.2, 0) is 14.3 Å². The number of halogens is 1. The highest BCUT2D eigenvalue weighted by molar-refractivity contribution is 5.98.